The van der Waals surface area contributed by atoms with E-state index < -0.39 is 0 Å². The largest absolute Gasteiger partial charge is 0.496 e. The maximum Gasteiger partial charge on any atom is 0.217 e. The number of ether oxygens (including phenoxy) is 4. The molecule has 0 aliphatic rings. The van der Waals surface area contributed by atoms with Crippen LogP contribution in [0.5, 0.6) is 23.0 Å². The third-order valence-electron chi connectivity index (χ3n) is 6.81. The van der Waals surface area contributed by atoms with E-state index in [2.05, 4.69) is 47.9 Å². The van der Waals surface area contributed by atoms with Gasteiger partial charge in [-0.3, -0.25) is 0 Å². The van der Waals surface area contributed by atoms with Crippen LogP contribution >= 0.6 is 0 Å². The molecule has 0 N–H and O–H groups in total. The number of nitrogens with zero attached hydrogens (tertiary/aromatic N) is 1. The number of hydrogen-bond acceptors (Lipinski definition) is 4. The van der Waals surface area contributed by atoms with E-state index in [4.69, 9.17) is 18.9 Å². The molecule has 0 saturated carbocycles. The van der Waals surface area contributed by atoms with Crippen LogP contribution in [0.15, 0.2) is 84.9 Å². The predicted molar refractivity (Wildman–Crippen MR) is 144 cm³/mol. The van der Waals surface area contributed by atoms with Crippen molar-refractivity contribution in [3.8, 4) is 34.1 Å². The van der Waals surface area contributed by atoms with Crippen LogP contribution in [-0.2, 0) is 0 Å². The fraction of sp³-hybridized carbons (Fsp3) is 0.194. The van der Waals surface area contributed by atoms with Crippen molar-refractivity contribution in [2.45, 2.75) is 13.0 Å². The maximum atomic E-state index is 5.96. The van der Waals surface area contributed by atoms with Gasteiger partial charge in [-0.1, -0.05) is 48.5 Å². The number of rotatable bonds is 7. The molecule has 0 aliphatic carbocycles. The molecular weight excluding hydrogens is 450 g/mol. The summed E-state index contributed by atoms with van der Waals surface area (Å²) in [7, 11) is 6.76. The zero-order valence-electron chi connectivity index (χ0n) is 21.2. The lowest BCUT2D eigenvalue weighted by Gasteiger charge is -2.21. The molecule has 1 heterocycles. The highest BCUT2D eigenvalue weighted by Crippen LogP contribution is 2.49. The van der Waals surface area contributed by atoms with Crippen LogP contribution in [0.4, 0.5) is 0 Å². The molecule has 1 aromatic heterocycles. The van der Waals surface area contributed by atoms with Gasteiger partial charge in [0.1, 0.15) is 23.0 Å². The second kappa shape index (κ2) is 9.78. The first-order valence-corrected chi connectivity index (χ1v) is 11.9. The lowest BCUT2D eigenvalue weighted by molar-refractivity contribution is -0.659. The standard InChI is InChI=1S/C31H30NO4/c1-20(21-12-7-6-8-13-21)32-22-14-9-16-24(33-2)28(22)31(29-23(32)15-10-17-25(29)34-3)30-26(35-4)18-11-19-27(30)36-5/h6-20H,1-5H3/q+1/t20-/m0/s1. The Morgan fingerprint density at radius 2 is 0.944 bits per heavy atom. The van der Waals surface area contributed by atoms with Crippen molar-refractivity contribution in [2.24, 2.45) is 0 Å². The first kappa shape index (κ1) is 23.5. The molecule has 0 unspecified atom stereocenters. The first-order valence-electron chi connectivity index (χ1n) is 11.9. The summed E-state index contributed by atoms with van der Waals surface area (Å²) in [6.45, 7) is 2.22. The summed E-state index contributed by atoms with van der Waals surface area (Å²) in [6.07, 6.45) is 0. The molecule has 1 atom stereocenters. The highest BCUT2D eigenvalue weighted by molar-refractivity contribution is 6.13. The number of aromatic nitrogens is 1. The second-order valence-electron chi connectivity index (χ2n) is 8.58. The molecule has 0 spiro atoms. The molecule has 36 heavy (non-hydrogen) atoms. The summed E-state index contributed by atoms with van der Waals surface area (Å²) in [5.41, 5.74) is 5.08. The van der Waals surface area contributed by atoms with Gasteiger partial charge in [0.2, 0.25) is 11.0 Å². The Kier molecular flexibility index (Phi) is 6.38. The van der Waals surface area contributed by atoms with Gasteiger partial charge in [0.15, 0.2) is 6.04 Å². The van der Waals surface area contributed by atoms with Crippen LogP contribution in [0, 0.1) is 0 Å². The molecule has 5 heteroatoms. The fourth-order valence-electron chi connectivity index (χ4n) is 5.18. The third kappa shape index (κ3) is 3.68. The van der Waals surface area contributed by atoms with E-state index >= 15 is 0 Å². The van der Waals surface area contributed by atoms with E-state index in [9.17, 15) is 0 Å². The minimum absolute atomic E-state index is 0.0454. The summed E-state index contributed by atoms with van der Waals surface area (Å²) in [6, 6.07) is 28.7. The van der Waals surface area contributed by atoms with Gasteiger partial charge in [-0.25, -0.2) is 0 Å². The van der Waals surface area contributed by atoms with Crippen molar-refractivity contribution >= 4 is 21.8 Å². The van der Waals surface area contributed by atoms with Gasteiger partial charge in [0.05, 0.1) is 44.8 Å². The molecule has 0 bridgehead atoms. The lowest BCUT2D eigenvalue weighted by Crippen LogP contribution is -2.40. The smallest absolute Gasteiger partial charge is 0.217 e. The second-order valence-corrected chi connectivity index (χ2v) is 8.58. The van der Waals surface area contributed by atoms with E-state index in [0.717, 1.165) is 44.4 Å². The highest BCUT2D eigenvalue weighted by atomic mass is 16.5. The molecule has 0 saturated heterocycles. The molecule has 5 nitrogen and oxygen atoms in total. The van der Waals surface area contributed by atoms with Gasteiger partial charge in [-0.15, -0.1) is 0 Å². The van der Waals surface area contributed by atoms with E-state index in [1.807, 2.05) is 48.5 Å². The summed E-state index contributed by atoms with van der Waals surface area (Å²) < 4.78 is 26.0. The maximum absolute atomic E-state index is 5.96. The summed E-state index contributed by atoms with van der Waals surface area (Å²) in [4.78, 5) is 0. The van der Waals surface area contributed by atoms with E-state index in [0.29, 0.717) is 11.5 Å². The third-order valence-corrected chi connectivity index (χ3v) is 6.81. The van der Waals surface area contributed by atoms with E-state index in [1.165, 1.54) is 5.56 Å². The number of methoxy groups -OCH3 is 4. The summed E-state index contributed by atoms with van der Waals surface area (Å²) in [5.74, 6) is 2.94. The monoisotopic (exact) mass is 480 g/mol. The van der Waals surface area contributed by atoms with Crippen molar-refractivity contribution < 1.29 is 23.5 Å². The average molecular weight is 481 g/mol. The quantitative estimate of drug-likeness (QED) is 0.195. The summed E-state index contributed by atoms with van der Waals surface area (Å²) in [5, 5.41) is 1.92. The van der Waals surface area contributed by atoms with Crippen LogP contribution in [0.25, 0.3) is 32.9 Å². The van der Waals surface area contributed by atoms with Crippen LogP contribution in [0.3, 0.4) is 0 Å². The van der Waals surface area contributed by atoms with Crippen LogP contribution < -0.4 is 23.5 Å². The average Bonchev–Trinajstić information content (AvgIpc) is 2.94. The van der Waals surface area contributed by atoms with E-state index in [1.54, 1.807) is 28.4 Å². The Morgan fingerprint density at radius 1 is 0.500 bits per heavy atom. The van der Waals surface area contributed by atoms with Crippen LogP contribution in [0.2, 0.25) is 0 Å². The van der Waals surface area contributed by atoms with Crippen LogP contribution in [-0.4, -0.2) is 28.4 Å². The molecule has 0 aliphatic heterocycles. The lowest BCUT2D eigenvalue weighted by atomic mass is 9.92. The summed E-state index contributed by atoms with van der Waals surface area (Å²) >= 11 is 0. The number of hydrogen-bond donors (Lipinski definition) is 0. The number of fused-ring (bicyclic) bond motifs is 2. The zero-order chi connectivity index (χ0) is 25.2. The Labute approximate surface area is 211 Å². The van der Waals surface area contributed by atoms with Gasteiger partial charge >= 0.3 is 0 Å². The minimum Gasteiger partial charge on any atom is -0.496 e. The minimum atomic E-state index is 0.0454. The van der Waals surface area contributed by atoms with Crippen molar-refractivity contribution in [3.05, 3.63) is 90.5 Å². The zero-order valence-corrected chi connectivity index (χ0v) is 21.2. The molecule has 5 rings (SSSR count). The Balaban J connectivity index is 2.07. The fourth-order valence-corrected chi connectivity index (χ4v) is 5.18. The van der Waals surface area contributed by atoms with Gasteiger partial charge < -0.3 is 18.9 Å². The first-order chi connectivity index (χ1) is 17.6. The molecule has 5 aromatic rings. The Hall–Kier alpha value is -4.25. The molecular formula is C31H30NO4+. The van der Waals surface area contributed by atoms with Crippen molar-refractivity contribution in [2.75, 3.05) is 28.4 Å². The van der Waals surface area contributed by atoms with Gasteiger partial charge in [-0.2, -0.15) is 4.57 Å². The topological polar surface area (TPSA) is 40.8 Å². The van der Waals surface area contributed by atoms with Gasteiger partial charge in [0.25, 0.3) is 0 Å². The molecule has 182 valence electrons. The predicted octanol–water partition coefficient (Wildman–Crippen LogP) is 6.59. The van der Waals surface area contributed by atoms with Gasteiger partial charge in [0, 0.05) is 30.2 Å². The normalized spacial score (nSPS) is 11.9. The highest BCUT2D eigenvalue weighted by Gasteiger charge is 2.32. The van der Waals surface area contributed by atoms with Crippen molar-refractivity contribution in [1.29, 1.82) is 0 Å². The molecule has 4 aromatic carbocycles. The Morgan fingerprint density at radius 3 is 1.42 bits per heavy atom. The molecule has 0 fully saturated rings. The van der Waals surface area contributed by atoms with Gasteiger partial charge in [-0.05, 0) is 24.3 Å². The molecule has 0 radical (unpaired) electrons. The van der Waals surface area contributed by atoms with Crippen molar-refractivity contribution in [3.63, 3.8) is 0 Å². The molecule has 0 amide bonds. The Bertz CT molecular complexity index is 1460. The van der Waals surface area contributed by atoms with E-state index in [-0.39, 0.29) is 6.04 Å². The SMILES string of the molecule is COc1cccc(OC)c1-c1c2c(OC)cccc2[n+]([C@@H](C)c2ccccc2)c2cccc(OC)c12. The van der Waals surface area contributed by atoms with Crippen molar-refractivity contribution in [1.82, 2.24) is 0 Å². The number of benzene rings is 4. The van der Waals surface area contributed by atoms with Crippen LogP contribution in [0.1, 0.15) is 18.5 Å². The number of pyridine rings is 1.